The van der Waals surface area contributed by atoms with E-state index in [0.717, 1.165) is 11.1 Å². The number of piperidine rings is 1. The summed E-state index contributed by atoms with van der Waals surface area (Å²) in [6.07, 6.45) is 1.75. The number of benzene rings is 1. The lowest BCUT2D eigenvalue weighted by Gasteiger charge is -2.42. The summed E-state index contributed by atoms with van der Waals surface area (Å²) < 4.78 is 33.9. The number of ether oxygens (including phenoxy) is 1. The number of carbonyl (C=O) groups excluding carboxylic acids is 1. The van der Waals surface area contributed by atoms with Gasteiger partial charge in [-0.25, -0.2) is 12.7 Å². The summed E-state index contributed by atoms with van der Waals surface area (Å²) in [7, 11) is -3.58. The standard InChI is InChI=1S/C21H33N3O4S/c1-5-28-20(25)21(13-18-10-7-6-9-15(18)2)11-8-12-24(14-21)29(26,27)19-16(3)22-23-17(19)4/h6-7,9-10,16-17,19,22-23H,5,8,11-14H2,1-4H3. The Kier molecular flexibility index (Phi) is 6.67. The Balaban J connectivity index is 1.93. The van der Waals surface area contributed by atoms with Gasteiger partial charge in [-0.05, 0) is 58.1 Å². The summed E-state index contributed by atoms with van der Waals surface area (Å²) >= 11 is 0. The second-order valence-electron chi connectivity index (χ2n) is 8.42. The highest BCUT2D eigenvalue weighted by molar-refractivity contribution is 7.89. The van der Waals surface area contributed by atoms with Gasteiger partial charge in [-0.3, -0.25) is 15.6 Å². The van der Waals surface area contributed by atoms with Gasteiger partial charge in [0.2, 0.25) is 10.0 Å². The number of hydrogen-bond acceptors (Lipinski definition) is 6. The Morgan fingerprint density at radius 3 is 2.52 bits per heavy atom. The minimum Gasteiger partial charge on any atom is -0.466 e. The van der Waals surface area contributed by atoms with Gasteiger partial charge in [-0.1, -0.05) is 24.3 Å². The Labute approximate surface area is 174 Å². The maximum atomic E-state index is 13.5. The van der Waals surface area contributed by atoms with Crippen molar-refractivity contribution in [3.8, 4) is 0 Å². The van der Waals surface area contributed by atoms with E-state index in [0.29, 0.717) is 25.8 Å². The molecule has 0 aliphatic carbocycles. The second kappa shape index (κ2) is 8.71. The van der Waals surface area contributed by atoms with E-state index in [-0.39, 0.29) is 31.2 Å². The zero-order valence-corrected chi connectivity index (χ0v) is 18.6. The van der Waals surface area contributed by atoms with Crippen LogP contribution in [0.25, 0.3) is 0 Å². The first-order chi connectivity index (χ1) is 13.7. The van der Waals surface area contributed by atoms with Crippen LogP contribution in [-0.2, 0) is 26.0 Å². The topological polar surface area (TPSA) is 87.7 Å². The van der Waals surface area contributed by atoms with Gasteiger partial charge in [0.15, 0.2) is 0 Å². The molecule has 2 fully saturated rings. The molecule has 0 aromatic heterocycles. The van der Waals surface area contributed by atoms with E-state index in [1.54, 1.807) is 6.92 Å². The van der Waals surface area contributed by atoms with Crippen molar-refractivity contribution in [2.75, 3.05) is 19.7 Å². The third-order valence-electron chi connectivity index (χ3n) is 6.27. The van der Waals surface area contributed by atoms with E-state index in [9.17, 15) is 13.2 Å². The Bertz CT molecular complexity index is 834. The Hall–Kier alpha value is -1.48. The quantitative estimate of drug-likeness (QED) is 0.678. The Morgan fingerprint density at radius 1 is 1.24 bits per heavy atom. The molecule has 29 heavy (non-hydrogen) atoms. The number of esters is 1. The normalized spacial score (nSPS) is 31.0. The average Bonchev–Trinajstić information content (AvgIpc) is 3.03. The highest BCUT2D eigenvalue weighted by atomic mass is 32.2. The number of rotatable bonds is 6. The van der Waals surface area contributed by atoms with Crippen LogP contribution in [0, 0.1) is 12.3 Å². The molecule has 2 saturated heterocycles. The first-order valence-electron chi connectivity index (χ1n) is 10.4. The zero-order chi connectivity index (χ0) is 21.2. The van der Waals surface area contributed by atoms with E-state index in [1.807, 2.05) is 45.0 Å². The fraction of sp³-hybridized carbons (Fsp3) is 0.667. The second-order valence-corrected chi connectivity index (χ2v) is 10.5. The molecule has 2 aliphatic rings. The number of aryl methyl sites for hydroxylation is 1. The van der Waals surface area contributed by atoms with Crippen molar-refractivity contribution in [2.45, 2.75) is 64.3 Å². The van der Waals surface area contributed by atoms with Crippen LogP contribution in [0.1, 0.15) is 44.7 Å². The molecule has 0 radical (unpaired) electrons. The third kappa shape index (κ3) is 4.35. The molecule has 0 spiro atoms. The summed E-state index contributed by atoms with van der Waals surface area (Å²) in [5.41, 5.74) is 7.36. The van der Waals surface area contributed by atoms with Crippen LogP contribution >= 0.6 is 0 Å². The van der Waals surface area contributed by atoms with Crippen LogP contribution in [0.4, 0.5) is 0 Å². The summed E-state index contributed by atoms with van der Waals surface area (Å²) in [5.74, 6) is -0.299. The van der Waals surface area contributed by atoms with Crippen LogP contribution in [0.2, 0.25) is 0 Å². The van der Waals surface area contributed by atoms with Crippen LogP contribution in [0.5, 0.6) is 0 Å². The molecule has 1 aromatic carbocycles. The first kappa shape index (κ1) is 22.2. The van der Waals surface area contributed by atoms with Gasteiger partial charge in [-0.15, -0.1) is 0 Å². The number of carbonyl (C=O) groups is 1. The fourth-order valence-electron chi connectivity index (χ4n) is 4.70. The van der Waals surface area contributed by atoms with E-state index in [4.69, 9.17) is 4.74 Å². The predicted molar refractivity (Wildman–Crippen MR) is 113 cm³/mol. The van der Waals surface area contributed by atoms with Crippen molar-refractivity contribution in [1.29, 1.82) is 0 Å². The minimum absolute atomic E-state index is 0.165. The number of nitrogens with one attached hydrogen (secondary N) is 2. The number of sulfonamides is 1. The summed E-state index contributed by atoms with van der Waals surface area (Å²) in [5, 5.41) is -0.570. The fourth-order valence-corrected chi connectivity index (χ4v) is 7.02. The molecule has 2 aliphatic heterocycles. The largest absolute Gasteiger partial charge is 0.466 e. The van der Waals surface area contributed by atoms with Crippen molar-refractivity contribution < 1.29 is 17.9 Å². The molecule has 8 heteroatoms. The summed E-state index contributed by atoms with van der Waals surface area (Å²) in [6.45, 7) is 8.43. The van der Waals surface area contributed by atoms with Crippen LogP contribution in [0.15, 0.2) is 24.3 Å². The van der Waals surface area contributed by atoms with Gasteiger partial charge < -0.3 is 4.74 Å². The zero-order valence-electron chi connectivity index (χ0n) is 17.8. The highest BCUT2D eigenvalue weighted by Crippen LogP contribution is 2.38. The molecular weight excluding hydrogens is 390 g/mol. The number of hydrazine groups is 1. The van der Waals surface area contributed by atoms with Gasteiger partial charge in [0, 0.05) is 25.2 Å². The van der Waals surface area contributed by atoms with Crippen molar-refractivity contribution in [3.63, 3.8) is 0 Å². The highest BCUT2D eigenvalue weighted by Gasteiger charge is 2.50. The van der Waals surface area contributed by atoms with Crippen molar-refractivity contribution in [1.82, 2.24) is 15.2 Å². The maximum Gasteiger partial charge on any atom is 0.313 e. The third-order valence-corrected chi connectivity index (χ3v) is 8.80. The molecular formula is C21H33N3O4S. The summed E-state index contributed by atoms with van der Waals surface area (Å²) in [4.78, 5) is 13.1. The van der Waals surface area contributed by atoms with E-state index >= 15 is 0 Å². The van der Waals surface area contributed by atoms with Crippen LogP contribution in [0.3, 0.4) is 0 Å². The minimum atomic E-state index is -3.58. The molecule has 2 heterocycles. The SMILES string of the molecule is CCOC(=O)C1(Cc2ccccc2C)CCCN(S(=O)(=O)C2C(C)NNC2C)C1. The van der Waals surface area contributed by atoms with Gasteiger partial charge in [0.05, 0.1) is 12.0 Å². The Morgan fingerprint density at radius 2 is 1.90 bits per heavy atom. The van der Waals surface area contributed by atoms with E-state index in [2.05, 4.69) is 10.9 Å². The van der Waals surface area contributed by atoms with Crippen LogP contribution in [-0.4, -0.2) is 55.7 Å². The van der Waals surface area contributed by atoms with Gasteiger partial charge >= 0.3 is 5.97 Å². The summed E-state index contributed by atoms with van der Waals surface area (Å²) in [6, 6.07) is 7.55. The molecule has 0 amide bonds. The smallest absolute Gasteiger partial charge is 0.313 e. The van der Waals surface area contributed by atoms with E-state index in [1.165, 1.54) is 4.31 Å². The monoisotopic (exact) mass is 423 g/mol. The molecule has 162 valence electrons. The molecule has 7 nitrogen and oxygen atoms in total. The average molecular weight is 424 g/mol. The number of nitrogens with zero attached hydrogens (tertiary/aromatic N) is 1. The predicted octanol–water partition coefficient (Wildman–Crippen LogP) is 1.77. The molecule has 0 saturated carbocycles. The lowest BCUT2D eigenvalue weighted by Crippen LogP contribution is -2.55. The van der Waals surface area contributed by atoms with Gasteiger partial charge in [0.25, 0.3) is 0 Å². The molecule has 3 atom stereocenters. The number of hydrogen-bond donors (Lipinski definition) is 2. The van der Waals surface area contributed by atoms with Crippen molar-refractivity contribution in [3.05, 3.63) is 35.4 Å². The van der Waals surface area contributed by atoms with E-state index < -0.39 is 20.7 Å². The lowest BCUT2D eigenvalue weighted by molar-refractivity contribution is -0.157. The maximum absolute atomic E-state index is 13.5. The van der Waals surface area contributed by atoms with Crippen molar-refractivity contribution in [2.24, 2.45) is 5.41 Å². The van der Waals surface area contributed by atoms with Gasteiger partial charge in [-0.2, -0.15) is 0 Å². The molecule has 3 rings (SSSR count). The molecule has 1 aromatic rings. The van der Waals surface area contributed by atoms with Crippen LogP contribution < -0.4 is 10.9 Å². The lowest BCUT2D eigenvalue weighted by atomic mass is 9.75. The van der Waals surface area contributed by atoms with Gasteiger partial charge in [0.1, 0.15) is 5.25 Å². The van der Waals surface area contributed by atoms with Crippen molar-refractivity contribution >= 4 is 16.0 Å². The molecule has 3 unspecified atom stereocenters. The first-order valence-corrected chi connectivity index (χ1v) is 11.9. The molecule has 2 N–H and O–H groups in total. The molecule has 0 bridgehead atoms.